The SMILES string of the molecule is CCn1nc(C)cc1CC(N)C1(C)CC1. The number of aromatic nitrogens is 2. The van der Waals surface area contributed by atoms with E-state index in [9.17, 15) is 0 Å². The molecule has 84 valence electrons. The third-order valence-corrected chi connectivity index (χ3v) is 3.65. The first-order valence-electron chi connectivity index (χ1n) is 5.84. The van der Waals surface area contributed by atoms with Crippen molar-refractivity contribution in [2.75, 3.05) is 0 Å². The van der Waals surface area contributed by atoms with E-state index in [1.807, 2.05) is 6.92 Å². The molecule has 1 heterocycles. The van der Waals surface area contributed by atoms with Gasteiger partial charge < -0.3 is 5.73 Å². The summed E-state index contributed by atoms with van der Waals surface area (Å²) < 4.78 is 2.07. The van der Waals surface area contributed by atoms with Crippen molar-refractivity contribution in [3.63, 3.8) is 0 Å². The Morgan fingerprint density at radius 3 is 2.80 bits per heavy atom. The van der Waals surface area contributed by atoms with Crippen LogP contribution in [0, 0.1) is 12.3 Å². The zero-order valence-corrected chi connectivity index (χ0v) is 9.95. The molecule has 1 atom stereocenters. The molecule has 0 spiro atoms. The Hall–Kier alpha value is -0.830. The topological polar surface area (TPSA) is 43.8 Å². The molecule has 0 saturated heterocycles. The molecule has 1 aromatic heterocycles. The highest BCUT2D eigenvalue weighted by Crippen LogP contribution is 2.48. The van der Waals surface area contributed by atoms with E-state index in [0.717, 1.165) is 18.7 Å². The molecule has 0 aromatic carbocycles. The van der Waals surface area contributed by atoms with Crippen LogP contribution in [-0.4, -0.2) is 15.8 Å². The maximum absolute atomic E-state index is 6.24. The molecule has 1 aliphatic rings. The zero-order valence-electron chi connectivity index (χ0n) is 9.95. The van der Waals surface area contributed by atoms with Crippen molar-refractivity contribution in [1.29, 1.82) is 0 Å². The average molecular weight is 207 g/mol. The van der Waals surface area contributed by atoms with Gasteiger partial charge in [-0.05, 0) is 38.2 Å². The van der Waals surface area contributed by atoms with Crippen molar-refractivity contribution >= 4 is 0 Å². The summed E-state index contributed by atoms with van der Waals surface area (Å²) in [5.74, 6) is 0. The van der Waals surface area contributed by atoms with Gasteiger partial charge in [-0.2, -0.15) is 5.10 Å². The van der Waals surface area contributed by atoms with Crippen LogP contribution in [0.1, 0.15) is 38.1 Å². The van der Waals surface area contributed by atoms with Crippen LogP contribution in [-0.2, 0) is 13.0 Å². The van der Waals surface area contributed by atoms with Crippen LogP contribution in [0.3, 0.4) is 0 Å². The molecule has 0 amide bonds. The molecule has 0 aliphatic heterocycles. The lowest BCUT2D eigenvalue weighted by Gasteiger charge is -2.18. The van der Waals surface area contributed by atoms with Crippen molar-refractivity contribution < 1.29 is 0 Å². The van der Waals surface area contributed by atoms with Crippen LogP contribution in [0.5, 0.6) is 0 Å². The second kappa shape index (κ2) is 3.63. The van der Waals surface area contributed by atoms with Crippen molar-refractivity contribution in [2.24, 2.45) is 11.1 Å². The lowest BCUT2D eigenvalue weighted by Crippen LogP contribution is -2.32. The van der Waals surface area contributed by atoms with E-state index in [1.165, 1.54) is 18.5 Å². The third kappa shape index (κ3) is 2.07. The van der Waals surface area contributed by atoms with E-state index < -0.39 is 0 Å². The number of hydrogen-bond acceptors (Lipinski definition) is 2. The van der Waals surface area contributed by atoms with Crippen LogP contribution >= 0.6 is 0 Å². The van der Waals surface area contributed by atoms with Gasteiger partial charge in [-0.15, -0.1) is 0 Å². The van der Waals surface area contributed by atoms with Crippen LogP contribution in [0.25, 0.3) is 0 Å². The highest BCUT2D eigenvalue weighted by atomic mass is 15.3. The number of nitrogens with two attached hydrogens (primary N) is 1. The van der Waals surface area contributed by atoms with Gasteiger partial charge in [0.1, 0.15) is 0 Å². The van der Waals surface area contributed by atoms with Gasteiger partial charge in [0.05, 0.1) is 5.69 Å². The molecule has 1 aromatic rings. The normalized spacial score (nSPS) is 20.3. The summed E-state index contributed by atoms with van der Waals surface area (Å²) in [4.78, 5) is 0. The number of rotatable bonds is 4. The lowest BCUT2D eigenvalue weighted by atomic mass is 9.95. The van der Waals surface area contributed by atoms with E-state index in [0.29, 0.717) is 11.5 Å². The molecule has 3 heteroatoms. The fourth-order valence-corrected chi connectivity index (χ4v) is 2.08. The van der Waals surface area contributed by atoms with Gasteiger partial charge in [-0.25, -0.2) is 0 Å². The molecule has 1 fully saturated rings. The molecule has 0 radical (unpaired) electrons. The van der Waals surface area contributed by atoms with Crippen molar-refractivity contribution in [3.05, 3.63) is 17.5 Å². The molecule has 15 heavy (non-hydrogen) atoms. The van der Waals surface area contributed by atoms with Crippen molar-refractivity contribution in [3.8, 4) is 0 Å². The molecule has 1 aliphatic carbocycles. The first-order chi connectivity index (χ1) is 7.05. The maximum atomic E-state index is 6.24. The van der Waals surface area contributed by atoms with E-state index >= 15 is 0 Å². The van der Waals surface area contributed by atoms with Gasteiger partial charge in [0, 0.05) is 24.7 Å². The predicted molar refractivity (Wildman–Crippen MR) is 61.7 cm³/mol. The second-order valence-electron chi connectivity index (χ2n) is 5.06. The standard InChI is InChI=1S/C12H21N3/c1-4-15-10(7-9(2)14-15)8-11(13)12(3)5-6-12/h7,11H,4-6,8,13H2,1-3H3. The quantitative estimate of drug-likeness (QED) is 0.819. The molecule has 2 N–H and O–H groups in total. The minimum absolute atomic E-state index is 0.291. The van der Waals surface area contributed by atoms with Crippen LogP contribution in [0.15, 0.2) is 6.07 Å². The summed E-state index contributed by atoms with van der Waals surface area (Å²) in [6, 6.07) is 2.45. The second-order valence-corrected chi connectivity index (χ2v) is 5.06. The first-order valence-corrected chi connectivity index (χ1v) is 5.84. The molecular formula is C12H21N3. The Labute approximate surface area is 91.7 Å². The Balaban J connectivity index is 2.09. The van der Waals surface area contributed by atoms with Gasteiger partial charge in [-0.3, -0.25) is 4.68 Å². The van der Waals surface area contributed by atoms with Gasteiger partial charge in [0.25, 0.3) is 0 Å². The first kappa shape index (κ1) is 10.7. The molecule has 0 bridgehead atoms. The summed E-state index contributed by atoms with van der Waals surface area (Å²) in [6.07, 6.45) is 3.53. The van der Waals surface area contributed by atoms with Gasteiger partial charge >= 0.3 is 0 Å². The number of hydrogen-bond donors (Lipinski definition) is 1. The number of nitrogens with zero attached hydrogens (tertiary/aromatic N) is 2. The van der Waals surface area contributed by atoms with Crippen LogP contribution < -0.4 is 5.73 Å². The zero-order chi connectivity index (χ0) is 11.1. The number of aryl methyl sites for hydroxylation is 2. The third-order valence-electron chi connectivity index (χ3n) is 3.65. The monoisotopic (exact) mass is 207 g/mol. The molecule has 1 saturated carbocycles. The largest absolute Gasteiger partial charge is 0.327 e. The molecule has 2 rings (SSSR count). The van der Waals surface area contributed by atoms with Crippen molar-refractivity contribution in [1.82, 2.24) is 9.78 Å². The summed E-state index contributed by atoms with van der Waals surface area (Å²) >= 11 is 0. The molecule has 1 unspecified atom stereocenters. The summed E-state index contributed by atoms with van der Waals surface area (Å²) in [6.45, 7) is 7.39. The summed E-state index contributed by atoms with van der Waals surface area (Å²) in [5, 5.41) is 4.45. The van der Waals surface area contributed by atoms with Crippen LogP contribution in [0.2, 0.25) is 0 Å². The molecular weight excluding hydrogens is 186 g/mol. The van der Waals surface area contributed by atoms with E-state index in [-0.39, 0.29) is 0 Å². The molecule has 3 nitrogen and oxygen atoms in total. The van der Waals surface area contributed by atoms with Gasteiger partial charge in [0.2, 0.25) is 0 Å². The Kier molecular flexibility index (Phi) is 2.59. The Morgan fingerprint density at radius 2 is 2.27 bits per heavy atom. The fourth-order valence-electron chi connectivity index (χ4n) is 2.08. The highest BCUT2D eigenvalue weighted by Gasteiger charge is 2.43. The Bertz CT molecular complexity index is 350. The summed E-state index contributed by atoms with van der Waals surface area (Å²) in [5.41, 5.74) is 9.02. The maximum Gasteiger partial charge on any atom is 0.0596 e. The lowest BCUT2D eigenvalue weighted by molar-refractivity contribution is 0.421. The summed E-state index contributed by atoms with van der Waals surface area (Å²) in [7, 11) is 0. The Morgan fingerprint density at radius 1 is 1.60 bits per heavy atom. The van der Waals surface area contributed by atoms with Gasteiger partial charge in [0.15, 0.2) is 0 Å². The average Bonchev–Trinajstić information content (AvgIpc) is 2.83. The highest BCUT2D eigenvalue weighted by molar-refractivity contribution is 5.13. The van der Waals surface area contributed by atoms with E-state index in [2.05, 4.69) is 29.7 Å². The van der Waals surface area contributed by atoms with Gasteiger partial charge in [-0.1, -0.05) is 6.92 Å². The smallest absolute Gasteiger partial charge is 0.0596 e. The van der Waals surface area contributed by atoms with E-state index in [1.54, 1.807) is 0 Å². The fraction of sp³-hybridized carbons (Fsp3) is 0.750. The predicted octanol–water partition coefficient (Wildman–Crippen LogP) is 1.88. The minimum Gasteiger partial charge on any atom is -0.327 e. The van der Waals surface area contributed by atoms with E-state index in [4.69, 9.17) is 5.73 Å². The van der Waals surface area contributed by atoms with Crippen LogP contribution in [0.4, 0.5) is 0 Å². The van der Waals surface area contributed by atoms with Crippen molar-refractivity contribution in [2.45, 2.75) is 52.6 Å². The minimum atomic E-state index is 0.291.